The summed E-state index contributed by atoms with van der Waals surface area (Å²) in [5, 5.41) is 4.00. The van der Waals surface area contributed by atoms with Crippen molar-refractivity contribution < 1.29 is 14.3 Å². The second-order valence-corrected chi connectivity index (χ2v) is 8.06. The van der Waals surface area contributed by atoms with Crippen LogP contribution in [0.2, 0.25) is 0 Å². The molecule has 3 heterocycles. The van der Waals surface area contributed by atoms with Gasteiger partial charge in [0.2, 0.25) is 5.91 Å². The smallest absolute Gasteiger partial charge is 0.250 e. The van der Waals surface area contributed by atoms with Gasteiger partial charge in [0.15, 0.2) is 0 Å². The van der Waals surface area contributed by atoms with Gasteiger partial charge < -0.3 is 19.8 Å². The number of aromatic nitrogens is 1. The molecular formula is C23H31N3O3. The quantitative estimate of drug-likeness (QED) is 0.599. The summed E-state index contributed by atoms with van der Waals surface area (Å²) in [5.74, 6) is 1.49. The van der Waals surface area contributed by atoms with Crippen LogP contribution in [0.1, 0.15) is 37.1 Å². The molecule has 6 heteroatoms. The largest absolute Gasteiger partial charge is 0.504 e. The number of rotatable bonds is 5. The molecule has 0 aliphatic carbocycles. The van der Waals surface area contributed by atoms with Crippen molar-refractivity contribution in [2.75, 3.05) is 34.4 Å². The highest BCUT2D eigenvalue weighted by Crippen LogP contribution is 2.46. The Kier molecular flexibility index (Phi) is 5.54. The first kappa shape index (κ1) is 19.8. The predicted octanol–water partition coefficient (Wildman–Crippen LogP) is 3.40. The van der Waals surface area contributed by atoms with Gasteiger partial charge in [-0.15, -0.1) is 0 Å². The number of benzene rings is 1. The van der Waals surface area contributed by atoms with Gasteiger partial charge in [-0.2, -0.15) is 0 Å². The van der Waals surface area contributed by atoms with Gasteiger partial charge in [0.1, 0.15) is 5.75 Å². The van der Waals surface area contributed by atoms with Gasteiger partial charge in [-0.05, 0) is 42.4 Å². The standard InChI is InChI=1S/C23H31N3O3/c1-5-14-12-26-10-9-15-21-18(7-6-8-20(21)29-4)25-22(15)19(26)11-16(14)17(13-28-3)23(27)24-2/h6-8,13-14,16,19,25H,5,9-12H2,1-4H3,(H,24,27)/b17-13+. The van der Waals surface area contributed by atoms with Crippen LogP contribution in [0.3, 0.4) is 0 Å². The molecule has 156 valence electrons. The number of amides is 1. The first-order chi connectivity index (χ1) is 14.1. The summed E-state index contributed by atoms with van der Waals surface area (Å²) in [4.78, 5) is 18.9. The summed E-state index contributed by atoms with van der Waals surface area (Å²) in [5.41, 5.74) is 4.53. The number of hydrogen-bond donors (Lipinski definition) is 2. The summed E-state index contributed by atoms with van der Waals surface area (Å²) in [6.07, 6.45) is 4.60. The van der Waals surface area contributed by atoms with Crippen molar-refractivity contribution in [1.29, 1.82) is 0 Å². The highest BCUT2D eigenvalue weighted by Gasteiger charge is 2.42. The van der Waals surface area contributed by atoms with E-state index in [0.29, 0.717) is 5.92 Å². The minimum Gasteiger partial charge on any atom is -0.504 e. The molecule has 0 bridgehead atoms. The molecule has 0 spiro atoms. The molecule has 6 nitrogen and oxygen atoms in total. The van der Waals surface area contributed by atoms with Crippen LogP contribution in [0.15, 0.2) is 30.0 Å². The SMILES string of the molecule is CCC1CN2CCc3c([nH]c4cccc(OC)c34)C2CC1/C(=C\OC)C(=O)NC. The number of ether oxygens (including phenoxy) is 2. The molecule has 1 fully saturated rings. The molecule has 3 unspecified atom stereocenters. The molecule has 1 aromatic carbocycles. The zero-order valence-electron chi connectivity index (χ0n) is 17.7. The van der Waals surface area contributed by atoms with Crippen LogP contribution in [-0.4, -0.2) is 50.1 Å². The summed E-state index contributed by atoms with van der Waals surface area (Å²) < 4.78 is 10.9. The summed E-state index contributed by atoms with van der Waals surface area (Å²) in [7, 11) is 5.03. The second kappa shape index (κ2) is 8.11. The van der Waals surface area contributed by atoms with E-state index in [9.17, 15) is 4.79 Å². The number of carbonyl (C=O) groups is 1. The molecule has 2 aliphatic rings. The van der Waals surface area contributed by atoms with Gasteiger partial charge >= 0.3 is 0 Å². The molecule has 0 radical (unpaired) electrons. The number of likely N-dealkylation sites (N-methyl/N-ethyl adjacent to an activating group) is 1. The average Bonchev–Trinajstić information content (AvgIpc) is 3.15. The Morgan fingerprint density at radius 3 is 2.90 bits per heavy atom. The lowest BCUT2D eigenvalue weighted by Crippen LogP contribution is -2.47. The Balaban J connectivity index is 1.76. The molecule has 4 rings (SSSR count). The lowest BCUT2D eigenvalue weighted by Gasteiger charge is -2.46. The predicted molar refractivity (Wildman–Crippen MR) is 114 cm³/mol. The van der Waals surface area contributed by atoms with Crippen molar-refractivity contribution in [3.05, 3.63) is 41.3 Å². The third-order valence-corrected chi connectivity index (χ3v) is 6.74. The van der Waals surface area contributed by atoms with E-state index in [4.69, 9.17) is 9.47 Å². The number of nitrogens with zero attached hydrogens (tertiary/aromatic N) is 1. The van der Waals surface area contributed by atoms with E-state index >= 15 is 0 Å². The molecular weight excluding hydrogens is 366 g/mol. The van der Waals surface area contributed by atoms with Gasteiger partial charge in [-0.1, -0.05) is 19.4 Å². The van der Waals surface area contributed by atoms with Crippen molar-refractivity contribution in [3.8, 4) is 5.75 Å². The Morgan fingerprint density at radius 2 is 2.21 bits per heavy atom. The summed E-state index contributed by atoms with van der Waals surface area (Å²) >= 11 is 0. The molecule has 2 aliphatic heterocycles. The van der Waals surface area contributed by atoms with Crippen molar-refractivity contribution in [2.45, 2.75) is 32.2 Å². The number of aromatic amines is 1. The second-order valence-electron chi connectivity index (χ2n) is 8.06. The number of nitrogens with one attached hydrogen (secondary N) is 2. The Bertz CT molecular complexity index is 933. The molecule has 2 N–H and O–H groups in total. The number of piperidine rings is 1. The first-order valence-corrected chi connectivity index (χ1v) is 10.5. The van der Waals surface area contributed by atoms with Gasteiger partial charge in [0.25, 0.3) is 0 Å². The maximum atomic E-state index is 12.6. The normalized spacial score (nSPS) is 24.7. The van der Waals surface area contributed by atoms with Crippen LogP contribution >= 0.6 is 0 Å². The maximum Gasteiger partial charge on any atom is 0.250 e. The van der Waals surface area contributed by atoms with E-state index in [2.05, 4.69) is 28.2 Å². The number of carbonyl (C=O) groups excluding carboxylic acids is 1. The van der Waals surface area contributed by atoms with Crippen molar-refractivity contribution >= 4 is 16.8 Å². The van der Waals surface area contributed by atoms with Gasteiger partial charge in [0.05, 0.1) is 32.1 Å². The zero-order chi connectivity index (χ0) is 20.5. The topological polar surface area (TPSA) is 66.6 Å². The molecule has 1 aromatic heterocycles. The summed E-state index contributed by atoms with van der Waals surface area (Å²) in [6, 6.07) is 6.46. The van der Waals surface area contributed by atoms with Crippen LogP contribution in [0.5, 0.6) is 5.75 Å². The third-order valence-electron chi connectivity index (χ3n) is 6.74. The minimum absolute atomic E-state index is 0.0434. The molecule has 1 amide bonds. The average molecular weight is 398 g/mol. The highest BCUT2D eigenvalue weighted by atomic mass is 16.5. The summed E-state index contributed by atoms with van der Waals surface area (Å²) in [6.45, 7) is 4.25. The highest BCUT2D eigenvalue weighted by molar-refractivity contribution is 5.93. The van der Waals surface area contributed by atoms with E-state index in [0.717, 1.165) is 49.2 Å². The van der Waals surface area contributed by atoms with Crippen LogP contribution in [0.25, 0.3) is 10.9 Å². The first-order valence-electron chi connectivity index (χ1n) is 10.5. The fraction of sp³-hybridized carbons (Fsp3) is 0.522. The number of H-pyrrole nitrogens is 1. The Morgan fingerprint density at radius 1 is 1.38 bits per heavy atom. The number of hydrogen-bond acceptors (Lipinski definition) is 4. The van der Waals surface area contributed by atoms with Crippen molar-refractivity contribution in [1.82, 2.24) is 15.2 Å². The molecule has 3 atom stereocenters. The van der Waals surface area contributed by atoms with Gasteiger partial charge in [-0.25, -0.2) is 0 Å². The maximum absolute atomic E-state index is 12.6. The van der Waals surface area contributed by atoms with E-state index in [1.165, 1.54) is 16.6 Å². The van der Waals surface area contributed by atoms with Crippen LogP contribution in [-0.2, 0) is 16.0 Å². The molecule has 29 heavy (non-hydrogen) atoms. The van der Waals surface area contributed by atoms with Crippen LogP contribution in [0, 0.1) is 11.8 Å². The van der Waals surface area contributed by atoms with Crippen molar-refractivity contribution in [2.24, 2.45) is 11.8 Å². The third kappa shape index (κ3) is 3.29. The minimum atomic E-state index is -0.0434. The van der Waals surface area contributed by atoms with E-state index in [-0.39, 0.29) is 17.9 Å². The van der Waals surface area contributed by atoms with Gasteiger partial charge in [-0.3, -0.25) is 9.69 Å². The van der Waals surface area contributed by atoms with E-state index in [1.807, 2.05) is 12.1 Å². The number of methoxy groups -OCH3 is 2. The number of fused-ring (bicyclic) bond motifs is 5. The monoisotopic (exact) mass is 397 g/mol. The molecule has 2 aromatic rings. The van der Waals surface area contributed by atoms with Crippen LogP contribution < -0.4 is 10.1 Å². The van der Waals surface area contributed by atoms with E-state index < -0.39 is 0 Å². The van der Waals surface area contributed by atoms with Crippen molar-refractivity contribution in [3.63, 3.8) is 0 Å². The fourth-order valence-electron chi connectivity index (χ4n) is 5.33. The lowest BCUT2D eigenvalue weighted by atomic mass is 9.74. The van der Waals surface area contributed by atoms with Crippen LogP contribution in [0.4, 0.5) is 0 Å². The molecule has 0 saturated carbocycles. The zero-order valence-corrected chi connectivity index (χ0v) is 17.7. The van der Waals surface area contributed by atoms with E-state index in [1.54, 1.807) is 27.5 Å². The lowest BCUT2D eigenvalue weighted by molar-refractivity contribution is -0.118. The van der Waals surface area contributed by atoms with Gasteiger partial charge in [0, 0.05) is 36.7 Å². The Hall–Kier alpha value is -2.47. The molecule has 1 saturated heterocycles. The Labute approximate surface area is 172 Å². The fourth-order valence-corrected chi connectivity index (χ4v) is 5.33.